The van der Waals surface area contributed by atoms with Crippen molar-refractivity contribution in [3.8, 4) is 11.5 Å². The lowest BCUT2D eigenvalue weighted by Crippen LogP contribution is -2.33. The molecule has 6 rings (SSSR count). The Balaban J connectivity index is 1.25. The van der Waals surface area contributed by atoms with Crippen molar-refractivity contribution in [2.24, 2.45) is 0 Å². The van der Waals surface area contributed by atoms with Crippen LogP contribution in [0.3, 0.4) is 0 Å². The third-order valence-corrected chi connectivity index (χ3v) is 7.94. The van der Waals surface area contributed by atoms with Gasteiger partial charge in [-0.15, -0.1) is 0 Å². The first-order valence-electron chi connectivity index (χ1n) is 12.8. The zero-order valence-corrected chi connectivity index (χ0v) is 22.5. The van der Waals surface area contributed by atoms with Crippen LogP contribution >= 0.6 is 0 Å². The number of methoxy groups -OCH3 is 2. The summed E-state index contributed by atoms with van der Waals surface area (Å²) in [5.74, 6) is 1.64. The second-order valence-corrected chi connectivity index (χ2v) is 10.4. The number of carbonyl (C=O) groups excluding carboxylic acids is 2. The van der Waals surface area contributed by atoms with Crippen LogP contribution in [-0.2, 0) is 10.2 Å². The van der Waals surface area contributed by atoms with Crippen molar-refractivity contribution in [1.82, 2.24) is 20.1 Å². The number of nitrogens with one attached hydrogen (secondary N) is 3. The second kappa shape index (κ2) is 9.00. The average molecular weight is 527 g/mol. The van der Waals surface area contributed by atoms with E-state index in [-0.39, 0.29) is 29.5 Å². The van der Waals surface area contributed by atoms with Crippen LogP contribution in [0, 0.1) is 0 Å². The molecule has 4 aromatic rings. The van der Waals surface area contributed by atoms with E-state index < -0.39 is 5.41 Å². The highest BCUT2D eigenvalue weighted by Gasteiger charge is 2.65. The van der Waals surface area contributed by atoms with Crippen molar-refractivity contribution < 1.29 is 19.1 Å². The second-order valence-electron chi connectivity index (χ2n) is 10.4. The van der Waals surface area contributed by atoms with Crippen LogP contribution in [0.4, 0.5) is 17.2 Å². The van der Waals surface area contributed by atoms with Gasteiger partial charge in [-0.1, -0.05) is 6.07 Å². The molecule has 3 N–H and O–H groups in total. The Hall–Kier alpha value is -4.60. The largest absolute Gasteiger partial charge is 0.497 e. The lowest BCUT2D eigenvalue weighted by Gasteiger charge is -2.22. The Morgan fingerprint density at radius 3 is 2.72 bits per heavy atom. The molecule has 2 aromatic heterocycles. The quantitative estimate of drug-likeness (QED) is 0.322. The third-order valence-electron chi connectivity index (χ3n) is 7.94. The Labute approximate surface area is 225 Å². The third kappa shape index (κ3) is 3.86. The topological polar surface area (TPSA) is 121 Å². The first-order chi connectivity index (χ1) is 18.8. The number of H-pyrrole nitrogens is 1. The van der Waals surface area contributed by atoms with E-state index in [4.69, 9.17) is 9.47 Å². The fourth-order valence-corrected chi connectivity index (χ4v) is 5.42. The Kier molecular flexibility index (Phi) is 5.71. The summed E-state index contributed by atoms with van der Waals surface area (Å²) in [4.78, 5) is 31.8. The Bertz CT molecular complexity index is 1630. The molecule has 10 heteroatoms. The molecule has 200 valence electrons. The number of hydrogen-bond acceptors (Lipinski definition) is 7. The summed E-state index contributed by atoms with van der Waals surface area (Å²) >= 11 is 0. The molecule has 2 atom stereocenters. The van der Waals surface area contributed by atoms with Crippen molar-refractivity contribution in [3.05, 3.63) is 65.5 Å². The molecule has 1 aliphatic heterocycles. The number of fused-ring (bicyclic) bond motifs is 3. The van der Waals surface area contributed by atoms with E-state index in [2.05, 4.69) is 37.9 Å². The van der Waals surface area contributed by atoms with Crippen molar-refractivity contribution in [1.29, 1.82) is 0 Å². The van der Waals surface area contributed by atoms with Gasteiger partial charge in [0.1, 0.15) is 5.75 Å². The van der Waals surface area contributed by atoms with E-state index in [1.165, 1.54) is 7.11 Å². The van der Waals surface area contributed by atoms with Gasteiger partial charge in [0.15, 0.2) is 17.3 Å². The highest BCUT2D eigenvalue weighted by molar-refractivity contribution is 6.10. The first-order valence-corrected chi connectivity index (χ1v) is 12.8. The van der Waals surface area contributed by atoms with Crippen LogP contribution in [0.2, 0.25) is 0 Å². The molecule has 0 saturated heterocycles. The lowest BCUT2D eigenvalue weighted by atomic mass is 9.91. The maximum atomic E-state index is 13.0. The maximum Gasteiger partial charge on any atom is 0.276 e. The van der Waals surface area contributed by atoms with Gasteiger partial charge in [0, 0.05) is 36.1 Å². The minimum Gasteiger partial charge on any atom is -0.497 e. The van der Waals surface area contributed by atoms with Gasteiger partial charge in [0.2, 0.25) is 5.91 Å². The SMILES string of the molecule is COc1ccc2c(c1)[C@]1(C[C@H]1c1ccc3c(Nc4cnc(C(=O)N(C)C(C)C)c(OC)c4)n[nH]c3c1)C(=O)N2. The number of aromatic nitrogens is 3. The lowest BCUT2D eigenvalue weighted by molar-refractivity contribution is -0.118. The monoisotopic (exact) mass is 526 g/mol. The first kappa shape index (κ1) is 24.7. The summed E-state index contributed by atoms with van der Waals surface area (Å²) in [6.45, 7) is 3.88. The van der Waals surface area contributed by atoms with Crippen LogP contribution < -0.4 is 20.1 Å². The number of carbonyl (C=O) groups is 2. The van der Waals surface area contributed by atoms with Gasteiger partial charge in [-0.2, -0.15) is 5.10 Å². The van der Waals surface area contributed by atoms with Gasteiger partial charge < -0.3 is 25.0 Å². The van der Waals surface area contributed by atoms with Crippen molar-refractivity contribution in [2.45, 2.75) is 37.6 Å². The molecule has 10 nitrogen and oxygen atoms in total. The summed E-state index contributed by atoms with van der Waals surface area (Å²) in [6, 6.07) is 13.6. The molecule has 1 aliphatic carbocycles. The number of pyridine rings is 1. The minimum atomic E-state index is -0.566. The maximum absolute atomic E-state index is 13.0. The van der Waals surface area contributed by atoms with Gasteiger partial charge in [-0.05, 0) is 61.7 Å². The van der Waals surface area contributed by atoms with Gasteiger partial charge in [0.05, 0.1) is 37.0 Å². The average Bonchev–Trinajstić information content (AvgIpc) is 3.50. The summed E-state index contributed by atoms with van der Waals surface area (Å²) < 4.78 is 10.9. The van der Waals surface area contributed by atoms with E-state index in [0.29, 0.717) is 17.3 Å². The van der Waals surface area contributed by atoms with Crippen LogP contribution in [0.5, 0.6) is 11.5 Å². The van der Waals surface area contributed by atoms with Crippen molar-refractivity contribution in [3.63, 3.8) is 0 Å². The van der Waals surface area contributed by atoms with Crippen molar-refractivity contribution >= 4 is 39.9 Å². The zero-order chi connectivity index (χ0) is 27.5. The highest BCUT2D eigenvalue weighted by Crippen LogP contribution is 2.65. The molecule has 39 heavy (non-hydrogen) atoms. The highest BCUT2D eigenvalue weighted by atomic mass is 16.5. The predicted molar refractivity (Wildman–Crippen MR) is 148 cm³/mol. The summed E-state index contributed by atoms with van der Waals surface area (Å²) in [5.41, 5.74) is 4.10. The predicted octanol–water partition coefficient (Wildman–Crippen LogP) is 4.58. The molecular weight excluding hydrogens is 496 g/mol. The molecule has 0 bridgehead atoms. The van der Waals surface area contributed by atoms with Gasteiger partial charge in [-0.25, -0.2) is 4.98 Å². The van der Waals surface area contributed by atoms with Gasteiger partial charge in [-0.3, -0.25) is 14.7 Å². The number of rotatable bonds is 7. The van der Waals surface area contributed by atoms with E-state index in [1.807, 2.05) is 38.1 Å². The fraction of sp³-hybridized carbons (Fsp3) is 0.310. The molecule has 1 spiro atoms. The van der Waals surface area contributed by atoms with Crippen LogP contribution in [0.25, 0.3) is 10.9 Å². The van der Waals surface area contributed by atoms with Crippen LogP contribution in [0.15, 0.2) is 48.7 Å². The van der Waals surface area contributed by atoms with Gasteiger partial charge >= 0.3 is 0 Å². The number of anilines is 3. The normalized spacial score (nSPS) is 19.2. The molecule has 2 amide bonds. The molecule has 1 fully saturated rings. The smallest absolute Gasteiger partial charge is 0.276 e. The van der Waals surface area contributed by atoms with E-state index in [0.717, 1.165) is 39.9 Å². The van der Waals surface area contributed by atoms with Crippen LogP contribution in [0.1, 0.15) is 47.8 Å². The summed E-state index contributed by atoms with van der Waals surface area (Å²) in [5, 5.41) is 14.8. The van der Waals surface area contributed by atoms with E-state index in [9.17, 15) is 9.59 Å². The number of benzene rings is 2. The minimum absolute atomic E-state index is 0.0331. The number of hydrogen-bond donors (Lipinski definition) is 3. The van der Waals surface area contributed by atoms with Crippen molar-refractivity contribution in [2.75, 3.05) is 31.9 Å². The van der Waals surface area contributed by atoms with E-state index >= 15 is 0 Å². The zero-order valence-electron chi connectivity index (χ0n) is 22.5. The fourth-order valence-electron chi connectivity index (χ4n) is 5.42. The molecule has 1 saturated carbocycles. The Morgan fingerprint density at radius 1 is 1.15 bits per heavy atom. The number of amides is 2. The number of ether oxygens (including phenoxy) is 2. The van der Waals surface area contributed by atoms with Crippen LogP contribution in [-0.4, -0.2) is 59.2 Å². The standard InChI is InChI=1S/C29H30N6O4/c1-15(2)35(3)27(36)25-24(39-5)11-17(14-30-25)31-26-19-8-6-16(10-23(19)33-34-26)21-13-29(21)20-12-18(38-4)7-9-22(20)32-28(29)37/h6-12,14-15,21H,13H2,1-5H3,(H,32,37)(H2,31,33,34)/t21-,29-/m0/s1. The summed E-state index contributed by atoms with van der Waals surface area (Å²) in [6.07, 6.45) is 2.34. The molecule has 0 unspecified atom stereocenters. The number of aromatic amines is 1. The summed E-state index contributed by atoms with van der Waals surface area (Å²) in [7, 11) is 4.89. The molecule has 3 heterocycles. The number of nitrogens with zero attached hydrogens (tertiary/aromatic N) is 3. The molecule has 2 aliphatic rings. The molecule has 2 aromatic carbocycles. The Morgan fingerprint density at radius 2 is 1.97 bits per heavy atom. The molecular formula is C29H30N6O4. The van der Waals surface area contributed by atoms with Gasteiger partial charge in [0.25, 0.3) is 5.91 Å². The molecule has 0 radical (unpaired) electrons. The van der Waals surface area contributed by atoms with E-state index in [1.54, 1.807) is 31.3 Å².